The van der Waals surface area contributed by atoms with Gasteiger partial charge in [0.2, 0.25) is 0 Å². The van der Waals surface area contributed by atoms with Crippen LogP contribution < -0.4 is 5.56 Å². The molecule has 0 N–H and O–H groups in total. The minimum absolute atomic E-state index is 0.0666. The molecule has 1 aliphatic rings. The fourth-order valence-electron chi connectivity index (χ4n) is 3.70. The third-order valence-corrected chi connectivity index (χ3v) is 5.70. The Hall–Kier alpha value is -2.60. The molecule has 0 saturated heterocycles. The second-order valence-corrected chi connectivity index (χ2v) is 7.68. The Morgan fingerprint density at radius 2 is 1.79 bits per heavy atom. The van der Waals surface area contributed by atoms with Crippen LogP contribution in [0.2, 0.25) is 0 Å². The maximum Gasteiger partial charge on any atom is 0.265 e. The molecule has 0 saturated carbocycles. The van der Waals surface area contributed by atoms with Crippen molar-refractivity contribution in [2.45, 2.75) is 25.3 Å². The molecule has 0 aliphatic carbocycles. The van der Waals surface area contributed by atoms with Gasteiger partial charge in [0, 0.05) is 24.1 Å². The SMILES string of the molecule is O=C1CCc2ccc(Br)c(=O)n2C1Cc1cccc(-c2cccc(F)c2)c1F. The third kappa shape index (κ3) is 3.33. The number of halogens is 3. The van der Waals surface area contributed by atoms with Crippen LogP contribution in [0, 0.1) is 11.6 Å². The Kier molecular flexibility index (Phi) is 4.98. The number of ketones is 1. The van der Waals surface area contributed by atoms with Crippen LogP contribution in [-0.2, 0) is 17.6 Å². The fourth-order valence-corrected chi connectivity index (χ4v) is 4.03. The molecule has 1 unspecified atom stereocenters. The van der Waals surface area contributed by atoms with Crippen LogP contribution in [0.25, 0.3) is 11.1 Å². The lowest BCUT2D eigenvalue weighted by atomic mass is 9.92. The van der Waals surface area contributed by atoms with Crippen molar-refractivity contribution in [1.29, 1.82) is 0 Å². The fraction of sp³-hybridized carbons (Fsp3) is 0.182. The Balaban J connectivity index is 1.77. The number of hydrogen-bond acceptors (Lipinski definition) is 2. The summed E-state index contributed by atoms with van der Waals surface area (Å²) in [5.74, 6) is -1.05. The molecule has 28 heavy (non-hydrogen) atoms. The summed E-state index contributed by atoms with van der Waals surface area (Å²) in [6.45, 7) is 0. The van der Waals surface area contributed by atoms with Gasteiger partial charge in [-0.3, -0.25) is 9.59 Å². The van der Waals surface area contributed by atoms with E-state index in [1.165, 1.54) is 22.8 Å². The summed E-state index contributed by atoms with van der Waals surface area (Å²) in [7, 11) is 0. The second-order valence-electron chi connectivity index (χ2n) is 6.82. The predicted molar refractivity (Wildman–Crippen MR) is 106 cm³/mol. The molecule has 0 radical (unpaired) electrons. The molecule has 3 aromatic rings. The molecule has 1 aliphatic heterocycles. The van der Waals surface area contributed by atoms with Gasteiger partial charge in [-0.05, 0) is 57.7 Å². The smallest absolute Gasteiger partial charge is 0.265 e. The number of nitrogens with zero attached hydrogens (tertiary/aromatic N) is 1. The number of rotatable bonds is 3. The quantitative estimate of drug-likeness (QED) is 0.579. The Morgan fingerprint density at radius 3 is 2.57 bits per heavy atom. The monoisotopic (exact) mass is 443 g/mol. The van der Waals surface area contributed by atoms with Crippen LogP contribution in [0.5, 0.6) is 0 Å². The van der Waals surface area contributed by atoms with E-state index in [9.17, 15) is 14.0 Å². The van der Waals surface area contributed by atoms with E-state index in [0.29, 0.717) is 28.4 Å². The first-order chi connectivity index (χ1) is 13.5. The van der Waals surface area contributed by atoms with Gasteiger partial charge in [0.15, 0.2) is 5.78 Å². The van der Waals surface area contributed by atoms with Gasteiger partial charge in [-0.15, -0.1) is 0 Å². The molecular formula is C22H16BrF2NO2. The van der Waals surface area contributed by atoms with E-state index in [1.807, 2.05) is 6.07 Å². The first-order valence-corrected chi connectivity index (χ1v) is 9.71. The lowest BCUT2D eigenvalue weighted by Crippen LogP contribution is -2.37. The van der Waals surface area contributed by atoms with Crippen LogP contribution >= 0.6 is 15.9 Å². The van der Waals surface area contributed by atoms with E-state index in [2.05, 4.69) is 15.9 Å². The number of fused-ring (bicyclic) bond motifs is 1. The molecule has 142 valence electrons. The zero-order valence-corrected chi connectivity index (χ0v) is 16.4. The van der Waals surface area contributed by atoms with Crippen molar-refractivity contribution in [3.8, 4) is 11.1 Å². The van der Waals surface area contributed by atoms with E-state index in [1.54, 1.807) is 30.3 Å². The van der Waals surface area contributed by atoms with E-state index >= 15 is 4.39 Å². The highest BCUT2D eigenvalue weighted by atomic mass is 79.9. The van der Waals surface area contributed by atoms with Gasteiger partial charge in [0.25, 0.3) is 5.56 Å². The summed E-state index contributed by atoms with van der Waals surface area (Å²) in [6.07, 6.45) is 0.873. The number of carbonyl (C=O) groups excluding carboxylic acids is 1. The zero-order chi connectivity index (χ0) is 19.8. The van der Waals surface area contributed by atoms with Gasteiger partial charge in [-0.25, -0.2) is 8.78 Å². The normalized spacial score (nSPS) is 16.1. The highest BCUT2D eigenvalue weighted by Gasteiger charge is 2.30. The summed E-state index contributed by atoms with van der Waals surface area (Å²) in [4.78, 5) is 25.2. The minimum atomic E-state index is -0.758. The van der Waals surface area contributed by atoms with E-state index in [-0.39, 0.29) is 23.3 Å². The maximum absolute atomic E-state index is 15.2. The molecular weight excluding hydrogens is 428 g/mol. The van der Waals surface area contributed by atoms with Crippen molar-refractivity contribution in [3.05, 3.63) is 92.3 Å². The van der Waals surface area contributed by atoms with E-state index in [0.717, 1.165) is 5.69 Å². The van der Waals surface area contributed by atoms with Gasteiger partial charge in [-0.1, -0.05) is 30.3 Å². The third-order valence-electron chi connectivity index (χ3n) is 5.09. The summed E-state index contributed by atoms with van der Waals surface area (Å²) in [5.41, 5.74) is 1.48. The van der Waals surface area contributed by atoms with E-state index in [4.69, 9.17) is 0 Å². The van der Waals surface area contributed by atoms with Crippen LogP contribution in [-0.4, -0.2) is 10.4 Å². The first kappa shape index (κ1) is 18.7. The Morgan fingerprint density at radius 1 is 1.00 bits per heavy atom. The van der Waals surface area contributed by atoms with Gasteiger partial charge in [-0.2, -0.15) is 0 Å². The minimum Gasteiger partial charge on any atom is -0.301 e. The largest absolute Gasteiger partial charge is 0.301 e. The molecule has 0 fully saturated rings. The van der Waals surface area contributed by atoms with E-state index < -0.39 is 17.7 Å². The molecule has 6 heteroatoms. The number of hydrogen-bond donors (Lipinski definition) is 0. The van der Waals surface area contributed by atoms with Gasteiger partial charge in [0.05, 0.1) is 10.5 Å². The standard InChI is InChI=1S/C22H16BrF2NO2/c23-18-9-7-16-8-10-20(27)19(26(16)22(18)28)12-14-4-2-6-17(21(14)25)13-3-1-5-15(24)11-13/h1-7,9,11,19H,8,10,12H2. The summed E-state index contributed by atoms with van der Waals surface area (Å²) < 4.78 is 30.6. The Labute approximate surface area is 168 Å². The van der Waals surface area contributed by atoms with Crippen molar-refractivity contribution in [2.24, 2.45) is 0 Å². The maximum atomic E-state index is 15.2. The van der Waals surface area contributed by atoms with Crippen molar-refractivity contribution < 1.29 is 13.6 Å². The van der Waals surface area contributed by atoms with Crippen molar-refractivity contribution >= 4 is 21.7 Å². The highest BCUT2D eigenvalue weighted by molar-refractivity contribution is 9.10. The molecule has 0 bridgehead atoms. The number of aryl methyl sites for hydroxylation is 1. The number of Topliss-reactive ketones (excluding diaryl/α,β-unsaturated/α-hetero) is 1. The average Bonchev–Trinajstić information content (AvgIpc) is 2.68. The van der Waals surface area contributed by atoms with Crippen LogP contribution in [0.3, 0.4) is 0 Å². The molecule has 0 spiro atoms. The van der Waals surface area contributed by atoms with Crippen molar-refractivity contribution in [3.63, 3.8) is 0 Å². The number of carbonyl (C=O) groups is 1. The van der Waals surface area contributed by atoms with Gasteiger partial charge < -0.3 is 4.57 Å². The summed E-state index contributed by atoms with van der Waals surface area (Å²) in [6, 6.07) is 13.3. The first-order valence-electron chi connectivity index (χ1n) is 8.91. The highest BCUT2D eigenvalue weighted by Crippen LogP contribution is 2.30. The average molecular weight is 444 g/mol. The molecule has 1 aromatic heterocycles. The lowest BCUT2D eigenvalue weighted by molar-refractivity contribution is -0.123. The summed E-state index contributed by atoms with van der Waals surface area (Å²) in [5, 5.41) is 0. The van der Waals surface area contributed by atoms with Crippen molar-refractivity contribution in [2.75, 3.05) is 0 Å². The van der Waals surface area contributed by atoms with Gasteiger partial charge >= 0.3 is 0 Å². The summed E-state index contributed by atoms with van der Waals surface area (Å²) >= 11 is 3.22. The molecule has 2 heterocycles. The number of aromatic nitrogens is 1. The molecule has 4 rings (SSSR count). The predicted octanol–water partition coefficient (Wildman–Crippen LogP) is 4.86. The molecule has 3 nitrogen and oxygen atoms in total. The molecule has 0 amide bonds. The van der Waals surface area contributed by atoms with Gasteiger partial charge in [0.1, 0.15) is 11.6 Å². The molecule has 2 aromatic carbocycles. The topological polar surface area (TPSA) is 39.1 Å². The van der Waals surface area contributed by atoms with Crippen LogP contribution in [0.15, 0.2) is 63.9 Å². The molecule has 1 atom stereocenters. The second kappa shape index (κ2) is 7.43. The zero-order valence-electron chi connectivity index (χ0n) is 14.8. The Bertz CT molecular complexity index is 1140. The van der Waals surface area contributed by atoms with Crippen LogP contribution in [0.1, 0.15) is 23.7 Å². The van der Waals surface area contributed by atoms with Crippen LogP contribution in [0.4, 0.5) is 8.78 Å². The number of benzene rings is 2. The lowest BCUT2D eigenvalue weighted by Gasteiger charge is -2.27. The van der Waals surface area contributed by atoms with Crippen molar-refractivity contribution in [1.82, 2.24) is 4.57 Å². The number of pyridine rings is 1.